The molecular formula is C18H28O5. The molecule has 0 fully saturated rings. The van der Waals surface area contributed by atoms with Crippen LogP contribution in [0.3, 0.4) is 0 Å². The van der Waals surface area contributed by atoms with Gasteiger partial charge in [-0.3, -0.25) is 4.79 Å². The highest BCUT2D eigenvalue weighted by molar-refractivity contribution is 5.85. The Hall–Kier alpha value is -1.59. The van der Waals surface area contributed by atoms with E-state index in [1.165, 1.54) is 26.0 Å². The number of aliphatic hydroxyl groups is 1. The molecule has 0 aromatic heterocycles. The van der Waals surface area contributed by atoms with E-state index in [-0.39, 0.29) is 18.0 Å². The van der Waals surface area contributed by atoms with E-state index in [2.05, 4.69) is 6.92 Å². The highest BCUT2D eigenvalue weighted by Crippen LogP contribution is 2.26. The first-order chi connectivity index (χ1) is 11.1. The first-order valence-corrected chi connectivity index (χ1v) is 8.22. The van der Waals surface area contributed by atoms with Crippen molar-refractivity contribution in [1.29, 1.82) is 0 Å². The number of carbonyl (C=O) groups is 1. The van der Waals surface area contributed by atoms with E-state index in [1.54, 1.807) is 12.1 Å². The van der Waals surface area contributed by atoms with Gasteiger partial charge in [0.25, 0.3) is 0 Å². The molecule has 0 aliphatic heterocycles. The van der Waals surface area contributed by atoms with Gasteiger partial charge in [0.15, 0.2) is 17.3 Å². The van der Waals surface area contributed by atoms with Gasteiger partial charge >= 0.3 is 0 Å². The summed E-state index contributed by atoms with van der Waals surface area (Å²) in [4.78, 5) is 12.0. The number of aromatic hydroxyl groups is 1. The SMILES string of the molecule is CCCCCCOCCC(O)C(=O)Cc1ccc(O)c(OC)c1. The fourth-order valence-electron chi connectivity index (χ4n) is 2.24. The summed E-state index contributed by atoms with van der Waals surface area (Å²) < 4.78 is 10.4. The zero-order chi connectivity index (χ0) is 17.1. The van der Waals surface area contributed by atoms with E-state index < -0.39 is 6.10 Å². The Morgan fingerprint density at radius 3 is 2.70 bits per heavy atom. The number of rotatable bonds is 12. The van der Waals surface area contributed by atoms with Gasteiger partial charge in [0.2, 0.25) is 0 Å². The maximum Gasteiger partial charge on any atom is 0.165 e. The maximum atomic E-state index is 12.0. The normalized spacial score (nSPS) is 12.1. The maximum absolute atomic E-state index is 12.0. The monoisotopic (exact) mass is 324 g/mol. The van der Waals surface area contributed by atoms with Gasteiger partial charge in [0.05, 0.1) is 7.11 Å². The fraction of sp³-hybridized carbons (Fsp3) is 0.611. The van der Waals surface area contributed by atoms with Crippen LogP contribution in [0.25, 0.3) is 0 Å². The summed E-state index contributed by atoms with van der Waals surface area (Å²) in [6.45, 7) is 3.22. The average molecular weight is 324 g/mol. The van der Waals surface area contributed by atoms with Gasteiger partial charge in [-0.05, 0) is 24.1 Å². The number of carbonyl (C=O) groups excluding carboxylic acids is 1. The molecule has 0 spiro atoms. The average Bonchev–Trinajstić information content (AvgIpc) is 2.55. The van der Waals surface area contributed by atoms with Crippen LogP contribution >= 0.6 is 0 Å². The van der Waals surface area contributed by atoms with Crippen molar-refractivity contribution in [3.8, 4) is 11.5 Å². The van der Waals surface area contributed by atoms with Crippen molar-refractivity contribution in [2.45, 2.75) is 51.6 Å². The van der Waals surface area contributed by atoms with Crippen molar-refractivity contribution in [3.05, 3.63) is 23.8 Å². The van der Waals surface area contributed by atoms with Crippen LogP contribution < -0.4 is 4.74 Å². The number of methoxy groups -OCH3 is 1. The Labute approximate surface area is 138 Å². The molecule has 1 unspecified atom stereocenters. The van der Waals surface area contributed by atoms with E-state index in [9.17, 15) is 15.0 Å². The second-order valence-electron chi connectivity index (χ2n) is 5.63. The molecule has 1 atom stereocenters. The summed E-state index contributed by atoms with van der Waals surface area (Å²) >= 11 is 0. The molecule has 0 saturated carbocycles. The number of hydrogen-bond donors (Lipinski definition) is 2. The minimum atomic E-state index is -1.02. The molecule has 130 valence electrons. The number of ketones is 1. The molecule has 5 nitrogen and oxygen atoms in total. The highest BCUT2D eigenvalue weighted by Gasteiger charge is 2.16. The number of unbranched alkanes of at least 4 members (excludes halogenated alkanes) is 3. The molecule has 0 radical (unpaired) electrons. The van der Waals surface area contributed by atoms with E-state index in [1.807, 2.05) is 0 Å². The largest absolute Gasteiger partial charge is 0.504 e. The molecule has 0 heterocycles. The molecule has 0 aliphatic carbocycles. The van der Waals surface area contributed by atoms with Crippen molar-refractivity contribution in [2.75, 3.05) is 20.3 Å². The smallest absolute Gasteiger partial charge is 0.165 e. The summed E-state index contributed by atoms with van der Waals surface area (Å²) in [6.07, 6.45) is 3.96. The predicted molar refractivity (Wildman–Crippen MR) is 89.0 cm³/mol. The number of Topliss-reactive ketones (excluding diaryl/α,β-unsaturated/α-hetero) is 1. The molecular weight excluding hydrogens is 296 g/mol. The quantitative estimate of drug-likeness (QED) is 0.578. The van der Waals surface area contributed by atoms with Gasteiger partial charge in [-0.2, -0.15) is 0 Å². The lowest BCUT2D eigenvalue weighted by molar-refractivity contribution is -0.127. The molecule has 1 aromatic rings. The van der Waals surface area contributed by atoms with Crippen LogP contribution in [-0.2, 0) is 16.0 Å². The Bertz CT molecular complexity index is 472. The molecule has 0 saturated heterocycles. The van der Waals surface area contributed by atoms with Crippen LogP contribution in [0.5, 0.6) is 11.5 Å². The van der Waals surface area contributed by atoms with Crippen molar-refractivity contribution in [1.82, 2.24) is 0 Å². The van der Waals surface area contributed by atoms with Crippen molar-refractivity contribution >= 4 is 5.78 Å². The first-order valence-electron chi connectivity index (χ1n) is 8.22. The number of ether oxygens (including phenoxy) is 2. The van der Waals surface area contributed by atoms with Gasteiger partial charge in [-0.15, -0.1) is 0 Å². The van der Waals surface area contributed by atoms with Crippen LogP contribution in [0, 0.1) is 0 Å². The van der Waals surface area contributed by atoms with Gasteiger partial charge in [0, 0.05) is 26.1 Å². The zero-order valence-electron chi connectivity index (χ0n) is 14.1. The molecule has 0 aliphatic rings. The van der Waals surface area contributed by atoms with Crippen molar-refractivity contribution in [3.63, 3.8) is 0 Å². The molecule has 23 heavy (non-hydrogen) atoms. The van der Waals surface area contributed by atoms with Crippen molar-refractivity contribution in [2.24, 2.45) is 0 Å². The van der Waals surface area contributed by atoms with E-state index in [4.69, 9.17) is 9.47 Å². The fourth-order valence-corrected chi connectivity index (χ4v) is 2.24. The van der Waals surface area contributed by atoms with Crippen LogP contribution in [0.4, 0.5) is 0 Å². The third kappa shape index (κ3) is 7.48. The molecule has 0 bridgehead atoms. The molecule has 1 aromatic carbocycles. The van der Waals surface area contributed by atoms with Crippen LogP contribution in [0.1, 0.15) is 44.6 Å². The van der Waals surface area contributed by atoms with Gasteiger partial charge < -0.3 is 19.7 Å². The summed E-state index contributed by atoms with van der Waals surface area (Å²) in [5.74, 6) is 0.0910. The Morgan fingerprint density at radius 1 is 1.22 bits per heavy atom. The molecule has 1 rings (SSSR count). The van der Waals surface area contributed by atoms with E-state index in [0.29, 0.717) is 30.9 Å². The Kier molecular flexibility index (Phi) is 9.33. The second kappa shape index (κ2) is 11.0. The second-order valence-corrected chi connectivity index (χ2v) is 5.63. The van der Waals surface area contributed by atoms with Gasteiger partial charge in [-0.25, -0.2) is 0 Å². The zero-order valence-corrected chi connectivity index (χ0v) is 14.1. The van der Waals surface area contributed by atoms with Gasteiger partial charge in [0.1, 0.15) is 6.10 Å². The minimum Gasteiger partial charge on any atom is -0.504 e. The molecule has 5 heteroatoms. The lowest BCUT2D eigenvalue weighted by Gasteiger charge is -2.11. The topological polar surface area (TPSA) is 76.0 Å². The van der Waals surface area contributed by atoms with Crippen LogP contribution in [0.15, 0.2) is 18.2 Å². The van der Waals surface area contributed by atoms with Crippen molar-refractivity contribution < 1.29 is 24.5 Å². The third-order valence-electron chi connectivity index (χ3n) is 3.67. The van der Waals surface area contributed by atoms with Crippen LogP contribution in [0.2, 0.25) is 0 Å². The lowest BCUT2D eigenvalue weighted by atomic mass is 10.0. The lowest BCUT2D eigenvalue weighted by Crippen LogP contribution is -2.24. The third-order valence-corrected chi connectivity index (χ3v) is 3.67. The molecule has 0 amide bonds. The highest BCUT2D eigenvalue weighted by atomic mass is 16.5. The van der Waals surface area contributed by atoms with Crippen LogP contribution in [-0.4, -0.2) is 42.4 Å². The summed E-state index contributed by atoms with van der Waals surface area (Å²) in [7, 11) is 1.45. The number of phenolic OH excluding ortho intramolecular Hbond substituents is 1. The standard InChI is InChI=1S/C18H28O5/c1-3-4-5-6-10-23-11-9-15(19)17(21)12-14-7-8-16(20)18(13-14)22-2/h7-8,13,15,19-20H,3-6,9-12H2,1-2H3. The number of aliphatic hydroxyl groups excluding tert-OH is 1. The summed E-state index contributed by atoms with van der Waals surface area (Å²) in [6, 6.07) is 4.73. The Morgan fingerprint density at radius 2 is 2.00 bits per heavy atom. The first kappa shape index (κ1) is 19.5. The number of hydrogen-bond acceptors (Lipinski definition) is 5. The summed E-state index contributed by atoms with van der Waals surface area (Å²) in [5.41, 5.74) is 0.698. The minimum absolute atomic E-state index is 0.0284. The molecule has 2 N–H and O–H groups in total. The van der Waals surface area contributed by atoms with Gasteiger partial charge in [-0.1, -0.05) is 32.3 Å². The van der Waals surface area contributed by atoms with E-state index >= 15 is 0 Å². The number of benzene rings is 1. The summed E-state index contributed by atoms with van der Waals surface area (Å²) in [5, 5.41) is 19.4. The Balaban J connectivity index is 2.28. The van der Waals surface area contributed by atoms with E-state index in [0.717, 1.165) is 12.8 Å². The number of phenols is 1. The predicted octanol–water partition coefficient (Wildman–Crippen LogP) is 2.86.